The molecule has 100 valence electrons. The van der Waals surface area contributed by atoms with Gasteiger partial charge in [0.05, 0.1) is 18.8 Å². The quantitative estimate of drug-likeness (QED) is 0.754. The molecule has 0 fully saturated rings. The molecule has 0 aliphatic heterocycles. The molecule has 0 heterocycles. The number of aliphatic hydroxyl groups excluding tert-OH is 1. The molecule has 0 spiro atoms. The number of methoxy groups -OCH3 is 1. The first kappa shape index (κ1) is 14.7. The topological polar surface area (TPSA) is 72.5 Å². The number of hydrogen-bond donors (Lipinski definition) is 2. The molecule has 4 nitrogen and oxygen atoms in total. The van der Waals surface area contributed by atoms with Gasteiger partial charge in [-0.25, -0.2) is 4.79 Å². The molecule has 0 saturated heterocycles. The van der Waals surface area contributed by atoms with E-state index in [9.17, 15) is 9.90 Å². The SMILES string of the molecule is CCCC(c1ccc(C(=O)OC)cc1)C(O)CN. The molecule has 4 heteroatoms. The zero-order valence-electron chi connectivity index (χ0n) is 10.9. The molecule has 1 aromatic rings. The lowest BCUT2D eigenvalue weighted by atomic mass is 9.89. The van der Waals surface area contributed by atoms with Gasteiger partial charge in [0.25, 0.3) is 0 Å². The molecule has 0 aliphatic carbocycles. The van der Waals surface area contributed by atoms with Gasteiger partial charge in [-0.3, -0.25) is 0 Å². The molecule has 0 amide bonds. The van der Waals surface area contributed by atoms with Crippen LogP contribution in [0.4, 0.5) is 0 Å². The van der Waals surface area contributed by atoms with Crippen molar-refractivity contribution in [3.8, 4) is 0 Å². The highest BCUT2D eigenvalue weighted by Gasteiger charge is 2.19. The molecule has 0 saturated carbocycles. The van der Waals surface area contributed by atoms with Crippen LogP contribution in [0.15, 0.2) is 24.3 Å². The maximum Gasteiger partial charge on any atom is 0.337 e. The van der Waals surface area contributed by atoms with E-state index < -0.39 is 6.10 Å². The molecule has 1 rings (SSSR count). The van der Waals surface area contributed by atoms with Crippen molar-refractivity contribution in [3.05, 3.63) is 35.4 Å². The Balaban J connectivity index is 2.89. The van der Waals surface area contributed by atoms with Crippen molar-refractivity contribution < 1.29 is 14.6 Å². The predicted molar refractivity (Wildman–Crippen MR) is 70.5 cm³/mol. The van der Waals surface area contributed by atoms with Crippen molar-refractivity contribution in [2.45, 2.75) is 31.8 Å². The molecule has 3 N–H and O–H groups in total. The largest absolute Gasteiger partial charge is 0.465 e. The molecular formula is C14H21NO3. The maximum atomic E-state index is 11.3. The average molecular weight is 251 g/mol. The minimum atomic E-state index is -0.547. The number of benzene rings is 1. The number of ether oxygens (including phenoxy) is 1. The monoisotopic (exact) mass is 251 g/mol. The van der Waals surface area contributed by atoms with Gasteiger partial charge >= 0.3 is 5.97 Å². The molecule has 1 aromatic carbocycles. The summed E-state index contributed by atoms with van der Waals surface area (Å²) in [6, 6.07) is 7.14. The number of aliphatic hydroxyl groups is 1. The summed E-state index contributed by atoms with van der Waals surface area (Å²) >= 11 is 0. The van der Waals surface area contributed by atoms with Gasteiger partial charge in [0, 0.05) is 12.5 Å². The van der Waals surface area contributed by atoms with Gasteiger partial charge in [-0.05, 0) is 24.1 Å². The van der Waals surface area contributed by atoms with Crippen LogP contribution in [-0.2, 0) is 4.74 Å². The zero-order chi connectivity index (χ0) is 13.5. The second-order valence-electron chi connectivity index (χ2n) is 4.31. The predicted octanol–water partition coefficient (Wildman–Crippen LogP) is 1.68. The van der Waals surface area contributed by atoms with Crippen LogP contribution in [0, 0.1) is 0 Å². The van der Waals surface area contributed by atoms with Gasteiger partial charge in [-0.1, -0.05) is 25.5 Å². The third-order valence-corrected chi connectivity index (χ3v) is 3.07. The number of carbonyl (C=O) groups is 1. The lowest BCUT2D eigenvalue weighted by Gasteiger charge is -2.21. The van der Waals surface area contributed by atoms with E-state index >= 15 is 0 Å². The van der Waals surface area contributed by atoms with E-state index in [2.05, 4.69) is 11.7 Å². The number of carbonyl (C=O) groups excluding carboxylic acids is 1. The molecule has 2 unspecified atom stereocenters. The fourth-order valence-electron chi connectivity index (χ4n) is 2.04. The Hall–Kier alpha value is -1.39. The number of esters is 1. The van der Waals surface area contributed by atoms with Crippen molar-refractivity contribution in [3.63, 3.8) is 0 Å². The molecule has 0 radical (unpaired) electrons. The van der Waals surface area contributed by atoms with Gasteiger partial charge in [0.1, 0.15) is 0 Å². The summed E-state index contributed by atoms with van der Waals surface area (Å²) < 4.78 is 4.64. The van der Waals surface area contributed by atoms with E-state index in [0.29, 0.717) is 5.56 Å². The Labute approximate surface area is 108 Å². The standard InChI is InChI=1S/C14H21NO3/c1-3-4-12(13(16)9-15)10-5-7-11(8-6-10)14(17)18-2/h5-8,12-13,16H,3-4,9,15H2,1-2H3. The molecule has 2 atom stereocenters. The van der Waals surface area contributed by atoms with Crippen molar-refractivity contribution in [1.82, 2.24) is 0 Å². The summed E-state index contributed by atoms with van der Waals surface area (Å²) in [5, 5.41) is 9.91. The minimum Gasteiger partial charge on any atom is -0.465 e. The van der Waals surface area contributed by atoms with Gasteiger partial charge < -0.3 is 15.6 Å². The smallest absolute Gasteiger partial charge is 0.337 e. The highest BCUT2D eigenvalue weighted by atomic mass is 16.5. The van der Waals surface area contributed by atoms with E-state index in [1.54, 1.807) is 12.1 Å². The maximum absolute atomic E-state index is 11.3. The van der Waals surface area contributed by atoms with Crippen LogP contribution in [0.25, 0.3) is 0 Å². The second-order valence-corrected chi connectivity index (χ2v) is 4.31. The van der Waals surface area contributed by atoms with E-state index in [4.69, 9.17) is 5.73 Å². The van der Waals surface area contributed by atoms with Crippen LogP contribution in [0.2, 0.25) is 0 Å². The van der Waals surface area contributed by atoms with Crippen molar-refractivity contribution in [2.75, 3.05) is 13.7 Å². The average Bonchev–Trinajstić information content (AvgIpc) is 2.43. The number of rotatable bonds is 6. The zero-order valence-corrected chi connectivity index (χ0v) is 10.9. The first-order valence-corrected chi connectivity index (χ1v) is 6.20. The van der Waals surface area contributed by atoms with Crippen molar-refractivity contribution in [1.29, 1.82) is 0 Å². The van der Waals surface area contributed by atoms with Crippen LogP contribution >= 0.6 is 0 Å². The van der Waals surface area contributed by atoms with E-state index in [1.807, 2.05) is 12.1 Å². The summed E-state index contributed by atoms with van der Waals surface area (Å²) in [4.78, 5) is 11.3. The fraction of sp³-hybridized carbons (Fsp3) is 0.500. The Kier molecular flexibility index (Phi) is 5.82. The summed E-state index contributed by atoms with van der Waals surface area (Å²) in [6.45, 7) is 2.31. The summed E-state index contributed by atoms with van der Waals surface area (Å²) in [5.41, 5.74) is 7.03. The molecular weight excluding hydrogens is 230 g/mol. The van der Waals surface area contributed by atoms with Crippen LogP contribution in [0.5, 0.6) is 0 Å². The number of hydrogen-bond acceptors (Lipinski definition) is 4. The highest BCUT2D eigenvalue weighted by molar-refractivity contribution is 5.89. The van der Waals surface area contributed by atoms with E-state index in [1.165, 1.54) is 7.11 Å². The third-order valence-electron chi connectivity index (χ3n) is 3.07. The van der Waals surface area contributed by atoms with Crippen molar-refractivity contribution >= 4 is 5.97 Å². The third kappa shape index (κ3) is 3.55. The molecule has 0 aliphatic rings. The summed E-state index contributed by atoms with van der Waals surface area (Å²) in [6.07, 6.45) is 1.30. The normalized spacial score (nSPS) is 14.0. The second kappa shape index (κ2) is 7.13. The first-order chi connectivity index (χ1) is 8.63. The van der Waals surface area contributed by atoms with Gasteiger partial charge in [0.2, 0.25) is 0 Å². The lowest BCUT2D eigenvalue weighted by Crippen LogP contribution is -2.27. The van der Waals surface area contributed by atoms with E-state index in [-0.39, 0.29) is 18.4 Å². The fourth-order valence-corrected chi connectivity index (χ4v) is 2.04. The van der Waals surface area contributed by atoms with Crippen molar-refractivity contribution in [2.24, 2.45) is 5.73 Å². The highest BCUT2D eigenvalue weighted by Crippen LogP contribution is 2.25. The Morgan fingerprint density at radius 1 is 1.39 bits per heavy atom. The lowest BCUT2D eigenvalue weighted by molar-refractivity contribution is 0.0600. The summed E-state index contributed by atoms with van der Waals surface area (Å²) in [5.74, 6) is -0.334. The van der Waals surface area contributed by atoms with Gasteiger partial charge in [-0.2, -0.15) is 0 Å². The molecule has 0 bridgehead atoms. The first-order valence-electron chi connectivity index (χ1n) is 6.20. The summed E-state index contributed by atoms with van der Waals surface area (Å²) in [7, 11) is 1.36. The Bertz CT molecular complexity index is 375. The van der Waals surface area contributed by atoms with Crippen LogP contribution < -0.4 is 5.73 Å². The Morgan fingerprint density at radius 2 is 2.00 bits per heavy atom. The number of nitrogens with two attached hydrogens (primary N) is 1. The molecule has 0 aromatic heterocycles. The van der Waals surface area contributed by atoms with Gasteiger partial charge in [0.15, 0.2) is 0 Å². The van der Waals surface area contributed by atoms with Crippen LogP contribution in [-0.4, -0.2) is 30.8 Å². The molecule has 18 heavy (non-hydrogen) atoms. The Morgan fingerprint density at radius 3 is 2.44 bits per heavy atom. The van der Waals surface area contributed by atoms with Crippen LogP contribution in [0.1, 0.15) is 41.6 Å². The van der Waals surface area contributed by atoms with Crippen LogP contribution in [0.3, 0.4) is 0 Å². The van der Waals surface area contributed by atoms with Gasteiger partial charge in [-0.15, -0.1) is 0 Å². The minimum absolute atomic E-state index is 0.0201. The van der Waals surface area contributed by atoms with E-state index in [0.717, 1.165) is 18.4 Å².